The number of morpholine rings is 1. The van der Waals surface area contributed by atoms with Gasteiger partial charge in [-0.05, 0) is 24.3 Å². The van der Waals surface area contributed by atoms with E-state index in [-0.39, 0.29) is 5.91 Å². The minimum atomic E-state index is -0.113. The van der Waals surface area contributed by atoms with Crippen molar-refractivity contribution in [3.8, 4) is 11.4 Å². The number of carbonyl (C=O) groups excluding carboxylic acids is 1. The summed E-state index contributed by atoms with van der Waals surface area (Å²) in [7, 11) is 0. The Balaban J connectivity index is 1.44. The van der Waals surface area contributed by atoms with E-state index in [0.717, 1.165) is 38.4 Å². The SMILES string of the molecule is O=C(NCCN1CCOCC1)c1ccn2c(-c3cccc(Cl)c3)nnc2c1. The molecule has 4 rings (SSSR count). The number of ether oxygens (including phenoxy) is 1. The van der Waals surface area contributed by atoms with Crippen molar-refractivity contribution < 1.29 is 9.53 Å². The Kier molecular flexibility index (Phi) is 5.33. The van der Waals surface area contributed by atoms with Gasteiger partial charge in [0.15, 0.2) is 11.5 Å². The van der Waals surface area contributed by atoms with Crippen LogP contribution in [0.1, 0.15) is 10.4 Å². The maximum Gasteiger partial charge on any atom is 0.251 e. The van der Waals surface area contributed by atoms with Gasteiger partial charge in [0.25, 0.3) is 5.91 Å². The molecule has 0 atom stereocenters. The van der Waals surface area contributed by atoms with Gasteiger partial charge in [-0.1, -0.05) is 23.7 Å². The van der Waals surface area contributed by atoms with Crippen molar-refractivity contribution >= 4 is 23.2 Å². The van der Waals surface area contributed by atoms with Crippen LogP contribution in [0.2, 0.25) is 5.02 Å². The van der Waals surface area contributed by atoms with Gasteiger partial charge in [0.2, 0.25) is 0 Å². The lowest BCUT2D eigenvalue weighted by Crippen LogP contribution is -2.41. The van der Waals surface area contributed by atoms with Crippen LogP contribution in [-0.4, -0.2) is 64.8 Å². The number of aromatic nitrogens is 3. The van der Waals surface area contributed by atoms with E-state index in [1.54, 1.807) is 12.1 Å². The van der Waals surface area contributed by atoms with Crippen molar-refractivity contribution in [1.82, 2.24) is 24.8 Å². The fourth-order valence-corrected chi connectivity index (χ4v) is 3.30. The van der Waals surface area contributed by atoms with Gasteiger partial charge in [-0.15, -0.1) is 10.2 Å². The van der Waals surface area contributed by atoms with Crippen LogP contribution in [0.15, 0.2) is 42.6 Å². The van der Waals surface area contributed by atoms with E-state index in [0.29, 0.717) is 28.6 Å². The van der Waals surface area contributed by atoms with Crippen LogP contribution in [0, 0.1) is 0 Å². The van der Waals surface area contributed by atoms with Crippen molar-refractivity contribution in [2.45, 2.75) is 0 Å². The van der Waals surface area contributed by atoms with Crippen molar-refractivity contribution in [1.29, 1.82) is 0 Å². The van der Waals surface area contributed by atoms with Gasteiger partial charge < -0.3 is 10.1 Å². The quantitative estimate of drug-likeness (QED) is 0.728. The van der Waals surface area contributed by atoms with Gasteiger partial charge in [-0.2, -0.15) is 0 Å². The van der Waals surface area contributed by atoms with Crippen LogP contribution in [0.25, 0.3) is 17.0 Å². The largest absolute Gasteiger partial charge is 0.379 e. The highest BCUT2D eigenvalue weighted by Crippen LogP contribution is 2.22. The summed E-state index contributed by atoms with van der Waals surface area (Å²) in [6.07, 6.45) is 1.81. The van der Waals surface area contributed by atoms with Crippen LogP contribution in [0.5, 0.6) is 0 Å². The van der Waals surface area contributed by atoms with Crippen LogP contribution >= 0.6 is 11.6 Å². The molecule has 2 aromatic heterocycles. The lowest BCUT2D eigenvalue weighted by Gasteiger charge is -2.26. The first-order chi connectivity index (χ1) is 13.2. The van der Waals surface area contributed by atoms with E-state index < -0.39 is 0 Å². The van der Waals surface area contributed by atoms with Crippen LogP contribution in [-0.2, 0) is 4.74 Å². The molecule has 0 radical (unpaired) electrons. The Labute approximate surface area is 161 Å². The Bertz CT molecular complexity index is 952. The maximum atomic E-state index is 12.4. The second-order valence-electron chi connectivity index (χ2n) is 6.39. The molecule has 0 spiro atoms. The predicted octanol–water partition coefficient (Wildman–Crippen LogP) is 2.11. The Hall–Kier alpha value is -2.48. The summed E-state index contributed by atoms with van der Waals surface area (Å²) in [6, 6.07) is 11.0. The van der Waals surface area contributed by atoms with E-state index >= 15 is 0 Å². The number of hydrogen-bond donors (Lipinski definition) is 1. The Morgan fingerprint density at radius 1 is 1.19 bits per heavy atom. The molecule has 0 bridgehead atoms. The number of benzene rings is 1. The smallest absolute Gasteiger partial charge is 0.251 e. The van der Waals surface area contributed by atoms with Crippen LogP contribution in [0.4, 0.5) is 0 Å². The first kappa shape index (κ1) is 17.9. The number of pyridine rings is 1. The average Bonchev–Trinajstić information content (AvgIpc) is 3.12. The number of rotatable bonds is 5. The highest BCUT2D eigenvalue weighted by Gasteiger charge is 2.13. The predicted molar refractivity (Wildman–Crippen MR) is 103 cm³/mol. The highest BCUT2D eigenvalue weighted by atomic mass is 35.5. The zero-order chi connectivity index (χ0) is 18.6. The molecule has 0 saturated carbocycles. The van der Waals surface area contributed by atoms with Crippen LogP contribution in [0.3, 0.4) is 0 Å². The topological polar surface area (TPSA) is 71.8 Å². The molecule has 7 nitrogen and oxygen atoms in total. The first-order valence-corrected chi connectivity index (χ1v) is 9.27. The third-order valence-corrected chi connectivity index (χ3v) is 4.81. The van der Waals surface area contributed by atoms with Crippen molar-refractivity contribution in [3.05, 3.63) is 53.2 Å². The summed E-state index contributed by atoms with van der Waals surface area (Å²) in [5.74, 6) is 0.574. The number of hydrogen-bond acceptors (Lipinski definition) is 5. The summed E-state index contributed by atoms with van der Waals surface area (Å²) >= 11 is 6.06. The number of amides is 1. The lowest BCUT2D eigenvalue weighted by molar-refractivity contribution is 0.0383. The number of nitrogens with zero attached hydrogens (tertiary/aromatic N) is 4. The number of fused-ring (bicyclic) bond motifs is 1. The van der Waals surface area contributed by atoms with Gasteiger partial charge >= 0.3 is 0 Å². The molecule has 0 unspecified atom stereocenters. The van der Waals surface area contributed by atoms with Crippen molar-refractivity contribution in [2.24, 2.45) is 0 Å². The molecule has 1 N–H and O–H groups in total. The number of halogens is 1. The molecule has 27 heavy (non-hydrogen) atoms. The summed E-state index contributed by atoms with van der Waals surface area (Å²) in [5, 5.41) is 12.0. The molecule has 3 aromatic rings. The second-order valence-corrected chi connectivity index (χ2v) is 6.82. The third-order valence-electron chi connectivity index (χ3n) is 4.57. The number of nitrogens with one attached hydrogen (secondary N) is 1. The molecule has 8 heteroatoms. The van der Waals surface area contributed by atoms with Gasteiger partial charge in [0, 0.05) is 48.5 Å². The zero-order valence-corrected chi connectivity index (χ0v) is 15.5. The molecule has 1 amide bonds. The third kappa shape index (κ3) is 4.10. The standard InChI is InChI=1S/C19H20ClN5O2/c20-16-3-1-2-14(12-16)18-23-22-17-13-15(4-6-25(17)18)19(26)21-5-7-24-8-10-27-11-9-24/h1-4,6,12-13H,5,7-11H2,(H,21,26). The Morgan fingerprint density at radius 3 is 2.85 bits per heavy atom. The van der Waals surface area contributed by atoms with Crippen LogP contribution < -0.4 is 5.32 Å². The average molecular weight is 386 g/mol. The molecular formula is C19H20ClN5O2. The summed E-state index contributed by atoms with van der Waals surface area (Å²) < 4.78 is 7.17. The fraction of sp³-hybridized carbons (Fsp3) is 0.316. The Morgan fingerprint density at radius 2 is 2.04 bits per heavy atom. The van der Waals surface area contributed by atoms with E-state index in [4.69, 9.17) is 16.3 Å². The molecule has 1 aliphatic rings. The van der Waals surface area contributed by atoms with E-state index in [1.165, 1.54) is 0 Å². The fourth-order valence-electron chi connectivity index (χ4n) is 3.11. The molecule has 1 aromatic carbocycles. The normalized spacial score (nSPS) is 15.1. The van der Waals surface area contributed by atoms with Crippen molar-refractivity contribution in [2.75, 3.05) is 39.4 Å². The van der Waals surface area contributed by atoms with E-state index in [9.17, 15) is 4.79 Å². The van der Waals surface area contributed by atoms with Gasteiger partial charge in [-0.25, -0.2) is 0 Å². The number of carbonyl (C=O) groups is 1. The van der Waals surface area contributed by atoms with Gasteiger partial charge in [0.05, 0.1) is 13.2 Å². The van der Waals surface area contributed by atoms with Gasteiger partial charge in [0.1, 0.15) is 0 Å². The maximum absolute atomic E-state index is 12.4. The molecule has 1 fully saturated rings. The monoisotopic (exact) mass is 385 g/mol. The lowest BCUT2D eigenvalue weighted by atomic mass is 10.2. The summed E-state index contributed by atoms with van der Waals surface area (Å²) in [6.45, 7) is 4.76. The van der Waals surface area contributed by atoms with Gasteiger partial charge in [-0.3, -0.25) is 14.1 Å². The molecule has 1 saturated heterocycles. The molecule has 0 aliphatic carbocycles. The summed E-state index contributed by atoms with van der Waals surface area (Å²) in [4.78, 5) is 14.7. The minimum absolute atomic E-state index is 0.113. The molecule has 1 aliphatic heterocycles. The molecule has 3 heterocycles. The molecular weight excluding hydrogens is 366 g/mol. The van der Waals surface area contributed by atoms with E-state index in [2.05, 4.69) is 20.4 Å². The van der Waals surface area contributed by atoms with E-state index in [1.807, 2.05) is 34.9 Å². The van der Waals surface area contributed by atoms with Crippen molar-refractivity contribution in [3.63, 3.8) is 0 Å². The second kappa shape index (κ2) is 8.04. The minimum Gasteiger partial charge on any atom is -0.379 e. The highest BCUT2D eigenvalue weighted by molar-refractivity contribution is 6.30. The molecule has 140 valence electrons. The first-order valence-electron chi connectivity index (χ1n) is 8.90. The zero-order valence-electron chi connectivity index (χ0n) is 14.8. The summed E-state index contributed by atoms with van der Waals surface area (Å²) in [5.41, 5.74) is 2.05.